The van der Waals surface area contributed by atoms with E-state index in [1.165, 1.54) is 0 Å². The molecule has 1 fully saturated rings. The van der Waals surface area contributed by atoms with Gasteiger partial charge in [-0.15, -0.1) is 0 Å². The minimum absolute atomic E-state index is 0.0147. The Morgan fingerprint density at radius 2 is 2.10 bits per heavy atom. The third-order valence-corrected chi connectivity index (χ3v) is 4.17. The van der Waals surface area contributed by atoms with Crippen LogP contribution in [0.3, 0.4) is 0 Å². The zero-order valence-corrected chi connectivity index (χ0v) is 13.1. The van der Waals surface area contributed by atoms with Gasteiger partial charge >= 0.3 is 5.69 Å². The Bertz CT molecular complexity index is 736. The van der Waals surface area contributed by atoms with E-state index in [1.807, 2.05) is 16.7 Å². The molecule has 1 aliphatic rings. The Hall–Kier alpha value is -1.62. The number of fused-ring (bicyclic) bond motifs is 1. The van der Waals surface area contributed by atoms with E-state index in [4.69, 9.17) is 0 Å². The molecule has 0 unspecified atom stereocenters. The first-order valence-corrected chi connectivity index (χ1v) is 7.49. The number of aliphatic hydroxyl groups is 1. The summed E-state index contributed by atoms with van der Waals surface area (Å²) in [7, 11) is 1.77. The topological polar surface area (TPSA) is 60.0 Å². The fourth-order valence-corrected chi connectivity index (χ4v) is 2.93. The summed E-state index contributed by atoms with van der Waals surface area (Å²) < 4.78 is 3.43. The molecule has 1 aliphatic carbocycles. The normalized spacial score (nSPS) is 22.0. The standard InChI is InChI=1S/C16H23N3O2/c1-16(2,3)9-19-13-6-5-12(11-7-10(11)8-20)17-14(13)18(4)15(19)21/h5-6,10-11,20H,7-9H2,1-4H3/t10-,11+/m0/s1. The van der Waals surface area contributed by atoms with Crippen LogP contribution in [0.1, 0.15) is 38.8 Å². The summed E-state index contributed by atoms with van der Waals surface area (Å²) >= 11 is 0. The van der Waals surface area contributed by atoms with Crippen molar-refractivity contribution in [1.82, 2.24) is 14.1 Å². The number of aliphatic hydroxyl groups excluding tert-OH is 1. The van der Waals surface area contributed by atoms with Gasteiger partial charge in [-0.3, -0.25) is 9.13 Å². The van der Waals surface area contributed by atoms with Crippen molar-refractivity contribution in [3.8, 4) is 0 Å². The van der Waals surface area contributed by atoms with Crippen molar-refractivity contribution in [3.05, 3.63) is 28.3 Å². The van der Waals surface area contributed by atoms with E-state index in [0.29, 0.717) is 18.4 Å². The highest BCUT2D eigenvalue weighted by molar-refractivity contribution is 5.72. The molecule has 1 N–H and O–H groups in total. The van der Waals surface area contributed by atoms with Crippen molar-refractivity contribution < 1.29 is 5.11 Å². The summed E-state index contributed by atoms with van der Waals surface area (Å²) in [4.78, 5) is 17.1. The van der Waals surface area contributed by atoms with E-state index in [2.05, 4.69) is 25.8 Å². The molecule has 3 rings (SSSR count). The molecule has 0 saturated heterocycles. The number of hydrogen-bond donors (Lipinski definition) is 1. The number of hydrogen-bond acceptors (Lipinski definition) is 3. The predicted molar refractivity (Wildman–Crippen MR) is 82.4 cm³/mol. The van der Waals surface area contributed by atoms with E-state index in [-0.39, 0.29) is 17.7 Å². The highest BCUT2D eigenvalue weighted by Gasteiger charge is 2.39. The lowest BCUT2D eigenvalue weighted by Gasteiger charge is -2.18. The van der Waals surface area contributed by atoms with Crippen LogP contribution in [-0.2, 0) is 13.6 Å². The van der Waals surface area contributed by atoms with Crippen LogP contribution >= 0.6 is 0 Å². The Morgan fingerprint density at radius 1 is 1.38 bits per heavy atom. The van der Waals surface area contributed by atoms with E-state index >= 15 is 0 Å². The lowest BCUT2D eigenvalue weighted by molar-refractivity contribution is 0.273. The largest absolute Gasteiger partial charge is 0.396 e. The van der Waals surface area contributed by atoms with Gasteiger partial charge in [0.1, 0.15) is 0 Å². The first-order valence-electron chi connectivity index (χ1n) is 7.49. The predicted octanol–water partition coefficient (Wildman–Crippen LogP) is 1.88. The number of aryl methyl sites for hydroxylation is 1. The van der Waals surface area contributed by atoms with E-state index < -0.39 is 0 Å². The number of imidazole rings is 1. The van der Waals surface area contributed by atoms with Crippen LogP contribution in [0.2, 0.25) is 0 Å². The van der Waals surface area contributed by atoms with Crippen LogP contribution in [0.15, 0.2) is 16.9 Å². The molecule has 0 amide bonds. The molecule has 21 heavy (non-hydrogen) atoms. The second kappa shape index (κ2) is 4.70. The fourth-order valence-electron chi connectivity index (χ4n) is 2.93. The molecule has 2 heterocycles. The summed E-state index contributed by atoms with van der Waals surface area (Å²) in [6, 6.07) is 4.00. The van der Waals surface area contributed by atoms with Crippen LogP contribution in [0.5, 0.6) is 0 Å². The van der Waals surface area contributed by atoms with Crippen molar-refractivity contribution in [1.29, 1.82) is 0 Å². The molecule has 2 aromatic rings. The zero-order valence-electron chi connectivity index (χ0n) is 13.1. The summed E-state index contributed by atoms with van der Waals surface area (Å²) in [6.07, 6.45) is 0.992. The maximum atomic E-state index is 12.4. The maximum absolute atomic E-state index is 12.4. The molecule has 2 aromatic heterocycles. The molecule has 0 bridgehead atoms. The highest BCUT2D eigenvalue weighted by atomic mass is 16.3. The average Bonchev–Trinajstić information content (AvgIpc) is 3.17. The molecule has 114 valence electrons. The van der Waals surface area contributed by atoms with Gasteiger partial charge in [0, 0.05) is 31.8 Å². The van der Waals surface area contributed by atoms with Crippen molar-refractivity contribution >= 4 is 11.2 Å². The third-order valence-electron chi connectivity index (χ3n) is 4.17. The second-order valence-electron chi connectivity index (χ2n) is 7.35. The van der Waals surface area contributed by atoms with Gasteiger partial charge < -0.3 is 5.11 Å². The SMILES string of the molecule is Cn1c(=O)n(CC(C)(C)C)c2ccc([C@@H]3C[C@H]3CO)nc21. The van der Waals surface area contributed by atoms with Gasteiger partial charge in [-0.05, 0) is 29.9 Å². The van der Waals surface area contributed by atoms with Gasteiger partial charge in [0.25, 0.3) is 0 Å². The Labute approximate surface area is 124 Å². The molecule has 2 atom stereocenters. The maximum Gasteiger partial charge on any atom is 0.330 e. The second-order valence-corrected chi connectivity index (χ2v) is 7.35. The molecular formula is C16H23N3O2. The van der Waals surface area contributed by atoms with Gasteiger partial charge in [0.2, 0.25) is 0 Å². The van der Waals surface area contributed by atoms with Gasteiger partial charge in [-0.2, -0.15) is 0 Å². The van der Waals surface area contributed by atoms with Gasteiger partial charge in [-0.25, -0.2) is 9.78 Å². The zero-order chi connectivity index (χ0) is 15.4. The summed E-state index contributed by atoms with van der Waals surface area (Å²) in [5.74, 6) is 0.684. The number of rotatable bonds is 3. The third kappa shape index (κ3) is 2.50. The summed E-state index contributed by atoms with van der Waals surface area (Å²) in [5, 5.41) is 9.19. The monoisotopic (exact) mass is 289 g/mol. The summed E-state index contributed by atoms with van der Waals surface area (Å²) in [6.45, 7) is 7.25. The Kier molecular flexibility index (Phi) is 3.20. The van der Waals surface area contributed by atoms with Crippen molar-refractivity contribution in [2.75, 3.05) is 6.61 Å². The van der Waals surface area contributed by atoms with Crippen LogP contribution < -0.4 is 5.69 Å². The Balaban J connectivity index is 2.07. The van der Waals surface area contributed by atoms with Crippen LogP contribution in [-0.4, -0.2) is 25.8 Å². The Morgan fingerprint density at radius 3 is 2.67 bits per heavy atom. The molecule has 1 saturated carbocycles. The molecule has 0 aromatic carbocycles. The number of aromatic nitrogens is 3. The quantitative estimate of drug-likeness (QED) is 0.938. The minimum atomic E-state index is -0.0147. The van der Waals surface area contributed by atoms with Crippen molar-refractivity contribution in [3.63, 3.8) is 0 Å². The van der Waals surface area contributed by atoms with Gasteiger partial charge in [-0.1, -0.05) is 20.8 Å². The molecule has 0 radical (unpaired) electrons. The first kappa shape index (κ1) is 14.3. The van der Waals surface area contributed by atoms with Crippen LogP contribution in [0.25, 0.3) is 11.2 Å². The summed E-state index contributed by atoms with van der Waals surface area (Å²) in [5.41, 5.74) is 2.65. The minimum Gasteiger partial charge on any atom is -0.396 e. The van der Waals surface area contributed by atoms with E-state index in [1.54, 1.807) is 11.6 Å². The van der Waals surface area contributed by atoms with E-state index in [9.17, 15) is 9.90 Å². The van der Waals surface area contributed by atoms with Gasteiger partial charge in [0.15, 0.2) is 5.65 Å². The number of pyridine rings is 1. The highest BCUT2D eigenvalue weighted by Crippen LogP contribution is 2.46. The lowest BCUT2D eigenvalue weighted by atomic mass is 9.97. The number of nitrogens with zero attached hydrogens (tertiary/aromatic N) is 3. The van der Waals surface area contributed by atoms with Crippen LogP contribution in [0.4, 0.5) is 0 Å². The lowest BCUT2D eigenvalue weighted by Crippen LogP contribution is -2.27. The van der Waals surface area contributed by atoms with Gasteiger partial charge in [0.05, 0.1) is 5.52 Å². The smallest absolute Gasteiger partial charge is 0.330 e. The molecule has 0 spiro atoms. The molecular weight excluding hydrogens is 266 g/mol. The average molecular weight is 289 g/mol. The molecule has 5 heteroatoms. The molecule has 5 nitrogen and oxygen atoms in total. The van der Waals surface area contributed by atoms with E-state index in [0.717, 1.165) is 23.3 Å². The fraction of sp³-hybridized carbons (Fsp3) is 0.625. The van der Waals surface area contributed by atoms with Crippen LogP contribution in [0, 0.1) is 11.3 Å². The van der Waals surface area contributed by atoms with Crippen molar-refractivity contribution in [2.24, 2.45) is 18.4 Å². The first-order chi connectivity index (χ1) is 9.81. The molecule has 0 aliphatic heterocycles. The van der Waals surface area contributed by atoms with Crippen molar-refractivity contribution in [2.45, 2.75) is 39.7 Å².